The highest BCUT2D eigenvalue weighted by Gasteiger charge is 2.19. The van der Waals surface area contributed by atoms with Crippen molar-refractivity contribution in [3.63, 3.8) is 0 Å². The van der Waals surface area contributed by atoms with Crippen molar-refractivity contribution in [3.05, 3.63) is 32.9 Å². The van der Waals surface area contributed by atoms with Gasteiger partial charge in [-0.2, -0.15) is 5.10 Å². The fraction of sp³-hybridized carbons (Fsp3) is 0.167. The predicted molar refractivity (Wildman–Crippen MR) is 82.0 cm³/mol. The van der Waals surface area contributed by atoms with Crippen LogP contribution in [-0.2, 0) is 7.05 Å². The highest BCUT2D eigenvalue weighted by atomic mass is 35.5. The molecule has 3 rings (SSSR count). The maximum atomic E-state index is 6.25. The van der Waals surface area contributed by atoms with E-state index in [2.05, 4.69) is 10.1 Å². The Bertz CT molecular complexity index is 834. The molecular weight excluding hydrogens is 321 g/mol. The molecular formula is C12H10Cl3N5. The van der Waals surface area contributed by atoms with Gasteiger partial charge in [0.2, 0.25) is 5.95 Å². The second kappa shape index (κ2) is 4.55. The Morgan fingerprint density at radius 1 is 1.10 bits per heavy atom. The van der Waals surface area contributed by atoms with E-state index in [1.165, 1.54) is 0 Å². The van der Waals surface area contributed by atoms with E-state index in [1.807, 2.05) is 14.0 Å². The van der Waals surface area contributed by atoms with Crippen LogP contribution in [0.1, 0.15) is 5.69 Å². The number of hydrogen-bond acceptors (Lipinski definition) is 3. The number of nitrogens with zero attached hydrogens (tertiary/aromatic N) is 4. The average molecular weight is 331 g/mol. The number of imidazole rings is 1. The molecule has 0 aliphatic carbocycles. The van der Waals surface area contributed by atoms with Gasteiger partial charge in [-0.05, 0) is 19.1 Å². The molecule has 104 valence electrons. The third-order valence-corrected chi connectivity index (χ3v) is 4.08. The van der Waals surface area contributed by atoms with Crippen molar-refractivity contribution >= 4 is 51.9 Å². The summed E-state index contributed by atoms with van der Waals surface area (Å²) in [5, 5.41) is 5.54. The van der Waals surface area contributed by atoms with Crippen molar-refractivity contribution in [2.45, 2.75) is 6.92 Å². The van der Waals surface area contributed by atoms with Gasteiger partial charge in [-0.25, -0.2) is 9.67 Å². The molecule has 0 aliphatic rings. The maximum Gasteiger partial charge on any atom is 0.207 e. The van der Waals surface area contributed by atoms with Crippen LogP contribution in [0.2, 0.25) is 15.1 Å². The monoisotopic (exact) mass is 329 g/mol. The van der Waals surface area contributed by atoms with E-state index in [1.54, 1.807) is 21.4 Å². The van der Waals surface area contributed by atoms with Crippen LogP contribution in [0.4, 0.5) is 5.95 Å². The van der Waals surface area contributed by atoms with E-state index >= 15 is 0 Å². The minimum atomic E-state index is 0.316. The lowest BCUT2D eigenvalue weighted by molar-refractivity contribution is 0.762. The Balaban J connectivity index is 2.40. The first-order valence-corrected chi connectivity index (χ1v) is 6.86. The molecule has 0 spiro atoms. The SMILES string of the molecule is Cc1nn(C)c2c1nc(N)n2-c1cc(Cl)c(Cl)cc1Cl. The molecule has 1 aromatic carbocycles. The number of aromatic nitrogens is 4. The fourth-order valence-electron chi connectivity index (χ4n) is 2.21. The third kappa shape index (κ3) is 1.85. The van der Waals surface area contributed by atoms with E-state index in [4.69, 9.17) is 40.5 Å². The van der Waals surface area contributed by atoms with Gasteiger partial charge in [-0.15, -0.1) is 0 Å². The van der Waals surface area contributed by atoms with Crippen LogP contribution in [0.25, 0.3) is 16.9 Å². The molecule has 0 radical (unpaired) electrons. The zero-order chi connectivity index (χ0) is 14.6. The van der Waals surface area contributed by atoms with Crippen LogP contribution in [0.3, 0.4) is 0 Å². The van der Waals surface area contributed by atoms with Gasteiger partial charge in [0.25, 0.3) is 0 Å². The number of fused-ring (bicyclic) bond motifs is 1. The molecule has 0 atom stereocenters. The van der Waals surface area contributed by atoms with Crippen molar-refractivity contribution in [3.8, 4) is 5.69 Å². The van der Waals surface area contributed by atoms with Gasteiger partial charge in [0.15, 0.2) is 5.65 Å². The van der Waals surface area contributed by atoms with Crippen LogP contribution in [-0.4, -0.2) is 19.3 Å². The lowest BCUT2D eigenvalue weighted by atomic mass is 10.3. The summed E-state index contributed by atoms with van der Waals surface area (Å²) in [6.07, 6.45) is 0. The summed E-state index contributed by atoms with van der Waals surface area (Å²) in [5.74, 6) is 0.316. The molecule has 0 aliphatic heterocycles. The largest absolute Gasteiger partial charge is 0.369 e. The van der Waals surface area contributed by atoms with Crippen LogP contribution >= 0.6 is 34.8 Å². The van der Waals surface area contributed by atoms with Crippen LogP contribution in [0.15, 0.2) is 12.1 Å². The normalized spacial score (nSPS) is 11.4. The molecule has 20 heavy (non-hydrogen) atoms. The Morgan fingerprint density at radius 3 is 2.45 bits per heavy atom. The van der Waals surface area contributed by atoms with Crippen molar-refractivity contribution in [2.24, 2.45) is 7.05 Å². The van der Waals surface area contributed by atoms with Crippen molar-refractivity contribution in [1.29, 1.82) is 0 Å². The molecule has 2 aromatic heterocycles. The Kier molecular flexibility index (Phi) is 3.08. The van der Waals surface area contributed by atoms with Gasteiger partial charge in [0.05, 0.1) is 26.4 Å². The number of hydrogen-bond donors (Lipinski definition) is 1. The summed E-state index contributed by atoms with van der Waals surface area (Å²) < 4.78 is 3.41. The molecule has 0 amide bonds. The number of halogens is 3. The van der Waals surface area contributed by atoms with Gasteiger partial charge in [-0.3, -0.25) is 4.57 Å². The van der Waals surface area contributed by atoms with Gasteiger partial charge in [0.1, 0.15) is 5.52 Å². The lowest BCUT2D eigenvalue weighted by Crippen LogP contribution is -2.05. The number of rotatable bonds is 1. The summed E-state index contributed by atoms with van der Waals surface area (Å²) in [5.41, 5.74) is 8.89. The van der Waals surface area contributed by atoms with Gasteiger partial charge < -0.3 is 5.73 Å². The Labute approximate surface area is 129 Å². The summed E-state index contributed by atoms with van der Waals surface area (Å²) in [7, 11) is 1.82. The Hall–Kier alpha value is -1.43. The first kappa shape index (κ1) is 13.5. The smallest absolute Gasteiger partial charge is 0.207 e. The molecule has 8 heteroatoms. The van der Waals surface area contributed by atoms with Crippen molar-refractivity contribution in [1.82, 2.24) is 19.3 Å². The van der Waals surface area contributed by atoms with Crippen LogP contribution in [0.5, 0.6) is 0 Å². The van der Waals surface area contributed by atoms with E-state index < -0.39 is 0 Å². The number of nitrogen functional groups attached to an aromatic ring is 1. The van der Waals surface area contributed by atoms with E-state index in [0.29, 0.717) is 26.7 Å². The maximum absolute atomic E-state index is 6.25. The molecule has 2 heterocycles. The molecule has 5 nitrogen and oxygen atoms in total. The van der Waals surface area contributed by atoms with Crippen LogP contribution in [0, 0.1) is 6.92 Å². The summed E-state index contributed by atoms with van der Waals surface area (Å²) in [4.78, 5) is 4.33. The summed E-state index contributed by atoms with van der Waals surface area (Å²) in [6.45, 7) is 1.87. The highest BCUT2D eigenvalue weighted by Crippen LogP contribution is 2.34. The minimum absolute atomic E-state index is 0.316. The van der Waals surface area contributed by atoms with Gasteiger partial charge in [-0.1, -0.05) is 34.8 Å². The number of benzene rings is 1. The van der Waals surface area contributed by atoms with E-state index in [-0.39, 0.29) is 0 Å². The third-order valence-electron chi connectivity index (χ3n) is 3.06. The predicted octanol–water partition coefficient (Wildman–Crippen LogP) is 3.61. The topological polar surface area (TPSA) is 61.7 Å². The minimum Gasteiger partial charge on any atom is -0.369 e. The Morgan fingerprint density at radius 2 is 1.75 bits per heavy atom. The first-order chi connectivity index (χ1) is 9.40. The fourth-order valence-corrected chi connectivity index (χ4v) is 2.84. The molecule has 0 saturated heterocycles. The zero-order valence-corrected chi connectivity index (χ0v) is 12.9. The molecule has 3 aromatic rings. The van der Waals surface area contributed by atoms with Crippen molar-refractivity contribution in [2.75, 3.05) is 5.73 Å². The summed E-state index contributed by atoms with van der Waals surface area (Å²) in [6, 6.07) is 3.24. The van der Waals surface area contributed by atoms with Gasteiger partial charge in [0, 0.05) is 7.05 Å². The zero-order valence-electron chi connectivity index (χ0n) is 10.7. The quantitative estimate of drug-likeness (QED) is 0.693. The van der Waals surface area contributed by atoms with E-state index in [9.17, 15) is 0 Å². The number of aryl methyl sites for hydroxylation is 2. The second-order valence-electron chi connectivity index (χ2n) is 4.40. The van der Waals surface area contributed by atoms with Crippen molar-refractivity contribution < 1.29 is 0 Å². The molecule has 0 saturated carbocycles. The molecule has 0 fully saturated rings. The average Bonchev–Trinajstić information content (AvgIpc) is 2.83. The molecule has 2 N–H and O–H groups in total. The molecule has 0 bridgehead atoms. The van der Waals surface area contributed by atoms with E-state index in [0.717, 1.165) is 16.9 Å². The first-order valence-electron chi connectivity index (χ1n) is 5.72. The van der Waals surface area contributed by atoms with Gasteiger partial charge >= 0.3 is 0 Å². The van der Waals surface area contributed by atoms with Crippen LogP contribution < -0.4 is 5.73 Å². The lowest BCUT2D eigenvalue weighted by Gasteiger charge is -2.10. The standard InChI is InChI=1S/C12H10Cl3N5/c1-5-10-11(19(2)18-5)20(12(16)17-10)9-4-7(14)6(13)3-8(9)15/h3-4H,1-2H3,(H2,16,17). The number of nitrogens with two attached hydrogens (primary N) is 1. The highest BCUT2D eigenvalue weighted by molar-refractivity contribution is 6.43. The summed E-state index contributed by atoms with van der Waals surface area (Å²) >= 11 is 18.3. The second-order valence-corrected chi connectivity index (χ2v) is 5.63. The molecule has 0 unspecified atom stereocenters. The number of anilines is 1.